The van der Waals surface area contributed by atoms with Gasteiger partial charge in [-0.2, -0.15) is 0 Å². The van der Waals surface area contributed by atoms with Crippen molar-refractivity contribution in [3.05, 3.63) is 29.8 Å². The first kappa shape index (κ1) is 20.4. The Kier molecular flexibility index (Phi) is 11.9. The van der Waals surface area contributed by atoms with Crippen molar-refractivity contribution in [3.8, 4) is 0 Å². The number of unbranched alkanes of at least 4 members (excludes halogenated alkanes) is 8. The summed E-state index contributed by atoms with van der Waals surface area (Å²) >= 11 is 7.33. The average molecular weight is 447 g/mol. The first-order chi connectivity index (χ1) is 10.7. The Hall–Kier alpha value is 0.397. The van der Waals surface area contributed by atoms with E-state index in [9.17, 15) is 0 Å². The molecule has 0 saturated heterocycles. The molecule has 0 N–H and O–H groups in total. The summed E-state index contributed by atoms with van der Waals surface area (Å²) < 4.78 is 0.291. The molecule has 0 bridgehead atoms. The van der Waals surface area contributed by atoms with Crippen LogP contribution in [0.5, 0.6) is 0 Å². The molecule has 3 heteroatoms. The second-order valence-electron chi connectivity index (χ2n) is 6.25. The minimum Gasteiger partial charge on any atom is -0.0712 e. The van der Waals surface area contributed by atoms with Gasteiger partial charge in [0.15, 0.2) is 0 Å². The highest BCUT2D eigenvalue weighted by molar-refractivity contribution is 9.24. The zero-order valence-electron chi connectivity index (χ0n) is 14.2. The van der Waals surface area contributed by atoms with Crippen molar-refractivity contribution in [2.45, 2.75) is 81.0 Å². The molecule has 1 aromatic rings. The maximum absolute atomic E-state index is 3.66. The molecule has 1 radical (unpaired) electrons. The van der Waals surface area contributed by atoms with Crippen molar-refractivity contribution >= 4 is 45.8 Å². The lowest BCUT2D eigenvalue weighted by molar-refractivity contribution is 0.572. The number of halogens is 2. The molecule has 125 valence electrons. The van der Waals surface area contributed by atoms with Crippen LogP contribution in [0.3, 0.4) is 0 Å². The molecule has 0 atom stereocenters. The third-order valence-corrected chi connectivity index (χ3v) is 7.78. The third-order valence-electron chi connectivity index (χ3n) is 4.31. The summed E-state index contributed by atoms with van der Waals surface area (Å²) in [5, 5.41) is 1.59. The third kappa shape index (κ3) is 8.31. The Morgan fingerprint density at radius 3 is 2.00 bits per heavy atom. The van der Waals surface area contributed by atoms with Crippen LogP contribution in [-0.4, -0.2) is 8.80 Å². The highest BCUT2D eigenvalue weighted by atomic mass is 79.9. The number of benzene rings is 1. The molecule has 1 rings (SSSR count). The van der Waals surface area contributed by atoms with Crippen LogP contribution < -0.4 is 5.19 Å². The predicted molar refractivity (Wildman–Crippen MR) is 110 cm³/mol. The standard InChI is InChI=1S/C19H31Br2Si/c1-3-4-5-6-7-8-9-10-13-16-22(2)18-15-12-11-14-17(18)19(20)21/h11-12,14-15,19H,3-10,13,16H2,1-2H3. The van der Waals surface area contributed by atoms with Crippen molar-refractivity contribution in [2.75, 3.05) is 0 Å². The SMILES string of the molecule is CCCCCCCCCCC[Si](C)c1ccccc1C(Br)Br. The summed E-state index contributed by atoms with van der Waals surface area (Å²) in [5.41, 5.74) is 1.43. The molecular formula is C19H31Br2Si. The number of alkyl halides is 2. The molecule has 0 aliphatic carbocycles. The Bertz CT molecular complexity index is 393. The Balaban J connectivity index is 2.17. The zero-order chi connectivity index (χ0) is 16.2. The average Bonchev–Trinajstić information content (AvgIpc) is 2.53. The molecule has 1 aromatic carbocycles. The van der Waals surface area contributed by atoms with Gasteiger partial charge in [0, 0.05) is 0 Å². The van der Waals surface area contributed by atoms with Gasteiger partial charge in [0.25, 0.3) is 0 Å². The van der Waals surface area contributed by atoms with Gasteiger partial charge in [-0.1, -0.05) is 139 Å². The fraction of sp³-hybridized carbons (Fsp3) is 0.684. The maximum atomic E-state index is 3.66. The largest absolute Gasteiger partial charge is 0.0945 e. The molecule has 0 amide bonds. The molecule has 0 saturated carbocycles. The smallest absolute Gasteiger partial charge is 0.0712 e. The van der Waals surface area contributed by atoms with Gasteiger partial charge in [0.1, 0.15) is 0 Å². The van der Waals surface area contributed by atoms with Gasteiger partial charge in [0.2, 0.25) is 0 Å². The molecular weight excluding hydrogens is 416 g/mol. The van der Waals surface area contributed by atoms with Crippen LogP contribution in [0.1, 0.15) is 74.0 Å². The highest BCUT2D eigenvalue weighted by Gasteiger charge is 2.15. The second kappa shape index (κ2) is 12.8. The molecule has 0 heterocycles. The van der Waals surface area contributed by atoms with Crippen LogP contribution in [0.4, 0.5) is 0 Å². The summed E-state index contributed by atoms with van der Waals surface area (Å²) in [4.78, 5) is 0. The molecule has 0 aliphatic rings. The molecule has 0 aliphatic heterocycles. The molecule has 0 nitrogen and oxygen atoms in total. The van der Waals surface area contributed by atoms with Crippen molar-refractivity contribution < 1.29 is 0 Å². The lowest BCUT2D eigenvalue weighted by atomic mass is 10.1. The maximum Gasteiger partial charge on any atom is 0.0945 e. The molecule has 0 aromatic heterocycles. The van der Waals surface area contributed by atoms with Crippen molar-refractivity contribution in [1.82, 2.24) is 0 Å². The fourth-order valence-corrected chi connectivity index (χ4v) is 6.28. The van der Waals surface area contributed by atoms with E-state index < -0.39 is 8.80 Å². The van der Waals surface area contributed by atoms with Gasteiger partial charge in [-0.15, -0.1) is 0 Å². The van der Waals surface area contributed by atoms with E-state index in [4.69, 9.17) is 0 Å². The van der Waals surface area contributed by atoms with Crippen molar-refractivity contribution in [3.63, 3.8) is 0 Å². The number of hydrogen-bond donors (Lipinski definition) is 0. The van der Waals surface area contributed by atoms with E-state index in [1.807, 2.05) is 0 Å². The van der Waals surface area contributed by atoms with Crippen LogP contribution in [-0.2, 0) is 0 Å². The molecule has 22 heavy (non-hydrogen) atoms. The second-order valence-corrected chi connectivity index (χ2v) is 11.9. The molecule has 0 spiro atoms. The Morgan fingerprint density at radius 1 is 0.864 bits per heavy atom. The molecule has 0 unspecified atom stereocenters. The Morgan fingerprint density at radius 2 is 1.41 bits per heavy atom. The van der Waals surface area contributed by atoms with E-state index in [0.717, 1.165) is 0 Å². The van der Waals surface area contributed by atoms with Gasteiger partial charge in [-0.05, 0) is 5.56 Å². The summed E-state index contributed by atoms with van der Waals surface area (Å²) in [6, 6.07) is 10.3. The summed E-state index contributed by atoms with van der Waals surface area (Å²) in [5.74, 6) is 0. The lowest BCUT2D eigenvalue weighted by Crippen LogP contribution is -2.29. The molecule has 0 fully saturated rings. The van der Waals surface area contributed by atoms with Gasteiger partial charge in [-0.3, -0.25) is 0 Å². The van der Waals surface area contributed by atoms with E-state index in [1.54, 1.807) is 5.19 Å². The van der Waals surface area contributed by atoms with Gasteiger partial charge in [-0.25, -0.2) is 0 Å². The van der Waals surface area contributed by atoms with Crippen molar-refractivity contribution in [2.24, 2.45) is 0 Å². The summed E-state index contributed by atoms with van der Waals surface area (Å²) in [6.45, 7) is 4.76. The van der Waals surface area contributed by atoms with E-state index in [0.29, 0.717) is 3.74 Å². The van der Waals surface area contributed by atoms with Crippen LogP contribution in [0.15, 0.2) is 24.3 Å². The van der Waals surface area contributed by atoms with Crippen LogP contribution in [0.25, 0.3) is 0 Å². The van der Waals surface area contributed by atoms with E-state index >= 15 is 0 Å². The van der Waals surface area contributed by atoms with Gasteiger partial charge < -0.3 is 0 Å². The van der Waals surface area contributed by atoms with Crippen LogP contribution in [0, 0.1) is 0 Å². The minimum atomic E-state index is -0.406. The van der Waals surface area contributed by atoms with Crippen LogP contribution in [0.2, 0.25) is 12.6 Å². The van der Waals surface area contributed by atoms with Gasteiger partial charge in [0.05, 0.1) is 12.5 Å². The monoisotopic (exact) mass is 445 g/mol. The first-order valence-corrected chi connectivity index (χ1v) is 12.9. The minimum absolute atomic E-state index is 0.291. The number of hydrogen-bond acceptors (Lipinski definition) is 0. The Labute approximate surface area is 156 Å². The van der Waals surface area contributed by atoms with Gasteiger partial charge >= 0.3 is 0 Å². The first-order valence-electron chi connectivity index (χ1n) is 8.86. The lowest BCUT2D eigenvalue weighted by Gasteiger charge is -2.16. The van der Waals surface area contributed by atoms with E-state index in [2.05, 4.69) is 69.6 Å². The summed E-state index contributed by atoms with van der Waals surface area (Å²) in [6.07, 6.45) is 12.8. The normalized spacial score (nSPS) is 11.5. The van der Waals surface area contributed by atoms with E-state index in [-0.39, 0.29) is 0 Å². The topological polar surface area (TPSA) is 0 Å². The van der Waals surface area contributed by atoms with Crippen LogP contribution >= 0.6 is 31.9 Å². The van der Waals surface area contributed by atoms with Crippen molar-refractivity contribution in [1.29, 1.82) is 0 Å². The zero-order valence-corrected chi connectivity index (χ0v) is 18.4. The fourth-order valence-electron chi connectivity index (χ4n) is 2.91. The summed E-state index contributed by atoms with van der Waals surface area (Å²) in [7, 11) is -0.406. The highest BCUT2D eigenvalue weighted by Crippen LogP contribution is 2.28. The number of rotatable bonds is 12. The van der Waals surface area contributed by atoms with E-state index in [1.165, 1.54) is 69.4 Å². The quantitative estimate of drug-likeness (QED) is 0.179. The predicted octanol–water partition coefficient (Wildman–Crippen LogP) is 7.34.